The molecule has 0 radical (unpaired) electrons. The molecule has 3 amide bonds. The van der Waals surface area contributed by atoms with E-state index in [9.17, 15) is 14.0 Å². The highest BCUT2D eigenvalue weighted by Crippen LogP contribution is 2.10. The summed E-state index contributed by atoms with van der Waals surface area (Å²) in [7, 11) is 1.65. The lowest BCUT2D eigenvalue weighted by Gasteiger charge is -2.34. The summed E-state index contributed by atoms with van der Waals surface area (Å²) in [4.78, 5) is 28.4. The van der Waals surface area contributed by atoms with Gasteiger partial charge in [0, 0.05) is 45.5 Å². The van der Waals surface area contributed by atoms with Gasteiger partial charge in [0.25, 0.3) is 0 Å². The van der Waals surface area contributed by atoms with Gasteiger partial charge in [0.05, 0.1) is 13.2 Å². The highest BCUT2D eigenvalue weighted by Gasteiger charge is 2.22. The van der Waals surface area contributed by atoms with Gasteiger partial charge in [-0.3, -0.25) is 9.69 Å². The van der Waals surface area contributed by atoms with Gasteiger partial charge in [0.2, 0.25) is 5.91 Å². The Bertz CT molecular complexity index is 852. The Kier molecular flexibility index (Phi) is 7.75. The summed E-state index contributed by atoms with van der Waals surface area (Å²) >= 11 is 0. The number of halogens is 1. The molecule has 2 N–H and O–H groups in total. The Morgan fingerprint density at radius 3 is 2.43 bits per heavy atom. The van der Waals surface area contributed by atoms with Gasteiger partial charge in [0.15, 0.2) is 0 Å². The minimum Gasteiger partial charge on any atom is -0.380 e. The lowest BCUT2D eigenvalue weighted by atomic mass is 10.1. The van der Waals surface area contributed by atoms with E-state index in [4.69, 9.17) is 4.74 Å². The first-order chi connectivity index (χ1) is 14.5. The van der Waals surface area contributed by atoms with Crippen LogP contribution in [0.4, 0.5) is 14.9 Å². The van der Waals surface area contributed by atoms with E-state index in [2.05, 4.69) is 10.6 Å². The lowest BCUT2D eigenvalue weighted by molar-refractivity contribution is -0.117. The third kappa shape index (κ3) is 6.53. The van der Waals surface area contributed by atoms with Crippen molar-refractivity contribution in [3.8, 4) is 0 Å². The number of methoxy groups -OCH3 is 1. The second kappa shape index (κ2) is 10.7. The molecule has 0 spiro atoms. The number of ether oxygens (including phenoxy) is 1. The zero-order chi connectivity index (χ0) is 21.3. The molecule has 0 unspecified atom stereocenters. The van der Waals surface area contributed by atoms with Crippen LogP contribution in [0.2, 0.25) is 0 Å². The number of carbonyl (C=O) groups excluding carboxylic acids is 2. The van der Waals surface area contributed by atoms with Crippen molar-refractivity contribution in [2.75, 3.05) is 45.2 Å². The number of anilines is 1. The number of hydrogen-bond acceptors (Lipinski definition) is 4. The van der Waals surface area contributed by atoms with Crippen LogP contribution in [0.1, 0.15) is 11.1 Å². The van der Waals surface area contributed by atoms with Gasteiger partial charge in [-0.2, -0.15) is 0 Å². The van der Waals surface area contributed by atoms with Crippen molar-refractivity contribution in [3.05, 3.63) is 65.5 Å². The molecule has 0 aromatic heterocycles. The minimum atomic E-state index is -0.343. The van der Waals surface area contributed by atoms with Crippen molar-refractivity contribution in [1.82, 2.24) is 15.1 Å². The third-order valence-electron chi connectivity index (χ3n) is 4.90. The summed E-state index contributed by atoms with van der Waals surface area (Å²) in [6.45, 7) is 3.58. The maximum absolute atomic E-state index is 12.9. The maximum Gasteiger partial charge on any atom is 0.317 e. The van der Waals surface area contributed by atoms with Gasteiger partial charge in [-0.15, -0.1) is 0 Å². The van der Waals surface area contributed by atoms with Crippen molar-refractivity contribution in [2.24, 2.45) is 0 Å². The van der Waals surface area contributed by atoms with Gasteiger partial charge in [-0.05, 0) is 35.4 Å². The largest absolute Gasteiger partial charge is 0.380 e. The highest BCUT2D eigenvalue weighted by atomic mass is 19.1. The third-order valence-corrected chi connectivity index (χ3v) is 4.90. The number of piperazine rings is 1. The molecule has 3 rings (SSSR count). The number of nitrogens with one attached hydrogen (secondary N) is 2. The molecule has 1 fully saturated rings. The Labute approximate surface area is 175 Å². The molecule has 1 aliphatic rings. The molecule has 7 nitrogen and oxygen atoms in total. The number of hydrogen-bond donors (Lipinski definition) is 2. The number of carbonyl (C=O) groups is 2. The maximum atomic E-state index is 12.9. The number of amides is 3. The zero-order valence-electron chi connectivity index (χ0n) is 17.1. The molecular formula is C22H27FN4O3. The van der Waals surface area contributed by atoms with Crippen LogP contribution in [-0.4, -0.2) is 61.6 Å². The molecule has 0 aliphatic carbocycles. The summed E-state index contributed by atoms with van der Waals surface area (Å²) in [5.74, 6) is -0.500. The van der Waals surface area contributed by atoms with E-state index in [0.29, 0.717) is 45.0 Å². The summed E-state index contributed by atoms with van der Waals surface area (Å²) in [5.41, 5.74) is 2.65. The number of benzene rings is 2. The van der Waals surface area contributed by atoms with Crippen LogP contribution >= 0.6 is 0 Å². The summed E-state index contributed by atoms with van der Waals surface area (Å²) in [6.07, 6.45) is 0. The van der Waals surface area contributed by atoms with Gasteiger partial charge < -0.3 is 20.3 Å². The smallest absolute Gasteiger partial charge is 0.317 e. The Morgan fingerprint density at radius 1 is 1.03 bits per heavy atom. The van der Waals surface area contributed by atoms with Gasteiger partial charge in [0.1, 0.15) is 5.82 Å². The van der Waals surface area contributed by atoms with Crippen molar-refractivity contribution in [3.63, 3.8) is 0 Å². The van der Waals surface area contributed by atoms with Crippen LogP contribution in [0.15, 0.2) is 48.5 Å². The quantitative estimate of drug-likeness (QED) is 0.730. The second-order valence-corrected chi connectivity index (χ2v) is 7.23. The number of rotatable bonds is 7. The van der Waals surface area contributed by atoms with E-state index in [-0.39, 0.29) is 24.3 Å². The number of nitrogens with zero attached hydrogens (tertiary/aromatic N) is 2. The minimum absolute atomic E-state index is 0.109. The molecule has 160 valence electrons. The van der Waals surface area contributed by atoms with Gasteiger partial charge in [-0.1, -0.05) is 24.3 Å². The Balaban J connectivity index is 1.39. The monoisotopic (exact) mass is 414 g/mol. The van der Waals surface area contributed by atoms with Crippen LogP contribution in [-0.2, 0) is 22.7 Å². The zero-order valence-corrected chi connectivity index (χ0v) is 17.1. The van der Waals surface area contributed by atoms with E-state index in [1.807, 2.05) is 29.2 Å². The fourth-order valence-corrected chi connectivity index (χ4v) is 3.33. The summed E-state index contributed by atoms with van der Waals surface area (Å²) < 4.78 is 18.1. The SMILES string of the molecule is COCc1cccc(CNC(=O)N2CCN(CC(=O)Nc3ccc(F)cc3)CC2)c1. The van der Waals surface area contributed by atoms with E-state index in [0.717, 1.165) is 11.1 Å². The van der Waals surface area contributed by atoms with E-state index >= 15 is 0 Å². The fraction of sp³-hybridized carbons (Fsp3) is 0.364. The predicted octanol–water partition coefficient (Wildman–Crippen LogP) is 2.44. The molecule has 30 heavy (non-hydrogen) atoms. The normalized spacial score (nSPS) is 14.4. The summed E-state index contributed by atoms with van der Waals surface area (Å²) in [6, 6.07) is 13.5. The lowest BCUT2D eigenvalue weighted by Crippen LogP contribution is -2.52. The molecular weight excluding hydrogens is 387 g/mol. The predicted molar refractivity (Wildman–Crippen MR) is 112 cm³/mol. The van der Waals surface area contributed by atoms with Crippen LogP contribution in [0.25, 0.3) is 0 Å². The van der Waals surface area contributed by atoms with Gasteiger partial charge in [-0.25, -0.2) is 9.18 Å². The molecule has 2 aromatic rings. The Morgan fingerprint density at radius 2 is 1.73 bits per heavy atom. The van der Waals surface area contributed by atoms with Gasteiger partial charge >= 0.3 is 6.03 Å². The van der Waals surface area contributed by atoms with Crippen LogP contribution in [0.3, 0.4) is 0 Å². The van der Waals surface area contributed by atoms with Crippen molar-refractivity contribution < 1.29 is 18.7 Å². The molecule has 1 heterocycles. The summed E-state index contributed by atoms with van der Waals surface area (Å²) in [5, 5.41) is 5.70. The number of urea groups is 1. The molecule has 2 aromatic carbocycles. The van der Waals surface area contributed by atoms with E-state index in [1.54, 1.807) is 12.0 Å². The van der Waals surface area contributed by atoms with Crippen molar-refractivity contribution in [1.29, 1.82) is 0 Å². The Hall–Kier alpha value is -2.97. The topological polar surface area (TPSA) is 73.9 Å². The van der Waals surface area contributed by atoms with E-state index < -0.39 is 0 Å². The van der Waals surface area contributed by atoms with Crippen molar-refractivity contribution in [2.45, 2.75) is 13.2 Å². The van der Waals surface area contributed by atoms with E-state index in [1.165, 1.54) is 24.3 Å². The molecule has 0 bridgehead atoms. The molecule has 0 saturated carbocycles. The standard InChI is InChI=1S/C22H27FN4O3/c1-30-16-18-4-2-3-17(13-18)14-24-22(29)27-11-9-26(10-12-27)15-21(28)25-20-7-5-19(23)6-8-20/h2-8,13H,9-12,14-16H2,1H3,(H,24,29)(H,25,28). The fourth-order valence-electron chi connectivity index (χ4n) is 3.33. The molecule has 0 atom stereocenters. The first-order valence-corrected chi connectivity index (χ1v) is 9.91. The molecule has 1 saturated heterocycles. The first kappa shape index (κ1) is 21.7. The van der Waals surface area contributed by atoms with Crippen LogP contribution < -0.4 is 10.6 Å². The van der Waals surface area contributed by atoms with Crippen LogP contribution in [0, 0.1) is 5.82 Å². The van der Waals surface area contributed by atoms with Crippen molar-refractivity contribution >= 4 is 17.6 Å². The average molecular weight is 414 g/mol. The average Bonchev–Trinajstić information content (AvgIpc) is 2.75. The van der Waals surface area contributed by atoms with Crippen LogP contribution in [0.5, 0.6) is 0 Å². The molecule has 8 heteroatoms. The highest BCUT2D eigenvalue weighted by molar-refractivity contribution is 5.92. The molecule has 1 aliphatic heterocycles. The first-order valence-electron chi connectivity index (χ1n) is 9.91. The second-order valence-electron chi connectivity index (χ2n) is 7.23.